The Labute approximate surface area is 130 Å². The molecule has 0 aromatic heterocycles. The van der Waals surface area contributed by atoms with E-state index in [1.165, 1.54) is 12.8 Å². The van der Waals surface area contributed by atoms with E-state index in [-0.39, 0.29) is 10.6 Å². The molecule has 22 heavy (non-hydrogen) atoms. The van der Waals surface area contributed by atoms with Crippen LogP contribution in [0.2, 0.25) is 0 Å². The van der Waals surface area contributed by atoms with Crippen molar-refractivity contribution in [1.29, 1.82) is 0 Å². The van der Waals surface area contributed by atoms with Crippen molar-refractivity contribution < 1.29 is 9.66 Å². The Kier molecular flexibility index (Phi) is 5.02. The van der Waals surface area contributed by atoms with Crippen molar-refractivity contribution in [3.63, 3.8) is 0 Å². The van der Waals surface area contributed by atoms with Crippen LogP contribution in [0.25, 0.3) is 0 Å². The molecule has 2 aliphatic rings. The lowest BCUT2D eigenvalue weighted by molar-refractivity contribution is -0.384. The van der Waals surface area contributed by atoms with E-state index in [4.69, 9.17) is 4.74 Å². The van der Waals surface area contributed by atoms with Crippen LogP contribution in [0.1, 0.15) is 18.4 Å². The molecule has 0 atom stereocenters. The fourth-order valence-electron chi connectivity index (χ4n) is 3.37. The molecule has 0 radical (unpaired) electrons. The standard InChI is InChI=1S/C16H23N3O3/c20-19(21)16-3-1-14(2-4-16)13-17-7-5-15(6-8-17)18-9-11-22-12-10-18/h1-4,15H,5-13H2. The van der Waals surface area contributed by atoms with Crippen molar-refractivity contribution in [2.75, 3.05) is 39.4 Å². The van der Waals surface area contributed by atoms with Crippen LogP contribution >= 0.6 is 0 Å². The third-order valence-corrected chi connectivity index (χ3v) is 4.67. The van der Waals surface area contributed by atoms with Gasteiger partial charge in [-0.1, -0.05) is 12.1 Å². The summed E-state index contributed by atoms with van der Waals surface area (Å²) in [6.07, 6.45) is 2.40. The Hall–Kier alpha value is -1.50. The number of hydrogen-bond acceptors (Lipinski definition) is 5. The zero-order chi connectivity index (χ0) is 15.4. The second-order valence-electron chi connectivity index (χ2n) is 6.08. The van der Waals surface area contributed by atoms with Crippen LogP contribution in [0.5, 0.6) is 0 Å². The molecule has 2 heterocycles. The first kappa shape index (κ1) is 15.4. The molecule has 0 N–H and O–H groups in total. The lowest BCUT2D eigenvalue weighted by Crippen LogP contribution is -2.48. The molecule has 2 saturated heterocycles. The minimum Gasteiger partial charge on any atom is -0.379 e. The van der Waals surface area contributed by atoms with E-state index in [9.17, 15) is 10.1 Å². The monoisotopic (exact) mass is 305 g/mol. The highest BCUT2D eigenvalue weighted by Gasteiger charge is 2.25. The van der Waals surface area contributed by atoms with E-state index < -0.39 is 0 Å². The van der Waals surface area contributed by atoms with Crippen molar-refractivity contribution in [1.82, 2.24) is 9.80 Å². The van der Waals surface area contributed by atoms with Gasteiger partial charge in [-0.25, -0.2) is 0 Å². The summed E-state index contributed by atoms with van der Waals surface area (Å²) in [5, 5.41) is 10.7. The summed E-state index contributed by atoms with van der Waals surface area (Å²) in [7, 11) is 0. The number of non-ortho nitro benzene ring substituents is 1. The van der Waals surface area contributed by atoms with Crippen molar-refractivity contribution in [3.8, 4) is 0 Å². The molecule has 0 bridgehead atoms. The van der Waals surface area contributed by atoms with Gasteiger partial charge < -0.3 is 4.74 Å². The Morgan fingerprint density at radius 3 is 2.32 bits per heavy atom. The van der Waals surface area contributed by atoms with Gasteiger partial charge in [-0.15, -0.1) is 0 Å². The predicted octanol–water partition coefficient (Wildman–Crippen LogP) is 1.89. The van der Waals surface area contributed by atoms with Crippen LogP contribution in [0.3, 0.4) is 0 Å². The molecule has 2 aliphatic heterocycles. The molecule has 0 unspecified atom stereocenters. The number of hydrogen-bond donors (Lipinski definition) is 0. The maximum atomic E-state index is 10.7. The molecular formula is C16H23N3O3. The van der Waals surface area contributed by atoms with Crippen LogP contribution in [0.15, 0.2) is 24.3 Å². The number of rotatable bonds is 4. The number of nitro groups is 1. The topological polar surface area (TPSA) is 58.9 Å². The molecule has 1 aromatic rings. The van der Waals surface area contributed by atoms with Crippen molar-refractivity contribution >= 4 is 5.69 Å². The molecule has 0 spiro atoms. The quantitative estimate of drug-likeness (QED) is 0.628. The Morgan fingerprint density at radius 1 is 1.09 bits per heavy atom. The van der Waals surface area contributed by atoms with Gasteiger partial charge in [0.25, 0.3) is 5.69 Å². The second-order valence-corrected chi connectivity index (χ2v) is 6.08. The van der Waals surface area contributed by atoms with E-state index in [1.807, 2.05) is 12.1 Å². The van der Waals surface area contributed by atoms with E-state index in [2.05, 4.69) is 9.80 Å². The molecule has 0 amide bonds. The molecule has 6 heteroatoms. The van der Waals surface area contributed by atoms with Crippen molar-refractivity contribution in [2.24, 2.45) is 0 Å². The minimum atomic E-state index is -0.350. The second kappa shape index (κ2) is 7.17. The van der Waals surface area contributed by atoms with Crippen LogP contribution in [-0.2, 0) is 11.3 Å². The Balaban J connectivity index is 1.48. The molecular weight excluding hydrogens is 282 g/mol. The van der Waals surface area contributed by atoms with Gasteiger partial charge in [0.15, 0.2) is 0 Å². The highest BCUT2D eigenvalue weighted by Crippen LogP contribution is 2.20. The van der Waals surface area contributed by atoms with Crippen LogP contribution < -0.4 is 0 Å². The normalized spacial score (nSPS) is 21.8. The Morgan fingerprint density at radius 2 is 1.73 bits per heavy atom. The van der Waals surface area contributed by atoms with E-state index >= 15 is 0 Å². The number of nitrogens with zero attached hydrogens (tertiary/aromatic N) is 3. The average molecular weight is 305 g/mol. The maximum Gasteiger partial charge on any atom is 0.269 e. The summed E-state index contributed by atoms with van der Waals surface area (Å²) >= 11 is 0. The molecule has 6 nitrogen and oxygen atoms in total. The largest absolute Gasteiger partial charge is 0.379 e. The Bertz CT molecular complexity index is 492. The average Bonchev–Trinajstić information content (AvgIpc) is 2.57. The molecule has 2 fully saturated rings. The fourth-order valence-corrected chi connectivity index (χ4v) is 3.37. The molecule has 120 valence electrons. The lowest BCUT2D eigenvalue weighted by atomic mass is 10.0. The van der Waals surface area contributed by atoms with Gasteiger partial charge in [-0.2, -0.15) is 0 Å². The summed E-state index contributed by atoms with van der Waals surface area (Å²) in [6, 6.07) is 7.61. The van der Waals surface area contributed by atoms with Crippen molar-refractivity contribution in [2.45, 2.75) is 25.4 Å². The van der Waals surface area contributed by atoms with Crippen LogP contribution in [0.4, 0.5) is 5.69 Å². The van der Waals surface area contributed by atoms with Gasteiger partial charge in [-0.3, -0.25) is 19.9 Å². The number of nitro benzene ring substituents is 1. The molecule has 0 saturated carbocycles. The first-order valence-electron chi connectivity index (χ1n) is 8.00. The predicted molar refractivity (Wildman–Crippen MR) is 83.8 cm³/mol. The van der Waals surface area contributed by atoms with Gasteiger partial charge >= 0.3 is 0 Å². The highest BCUT2D eigenvalue weighted by molar-refractivity contribution is 5.32. The van der Waals surface area contributed by atoms with Gasteiger partial charge in [0.1, 0.15) is 0 Å². The first-order chi connectivity index (χ1) is 10.7. The third kappa shape index (κ3) is 3.82. The fraction of sp³-hybridized carbons (Fsp3) is 0.625. The first-order valence-corrected chi connectivity index (χ1v) is 8.00. The van der Waals surface area contributed by atoms with E-state index in [1.54, 1.807) is 12.1 Å². The zero-order valence-corrected chi connectivity index (χ0v) is 12.8. The highest BCUT2D eigenvalue weighted by atomic mass is 16.6. The summed E-state index contributed by atoms with van der Waals surface area (Å²) in [4.78, 5) is 15.3. The third-order valence-electron chi connectivity index (χ3n) is 4.67. The van der Waals surface area contributed by atoms with Gasteiger partial charge in [0, 0.05) is 37.8 Å². The molecule has 3 rings (SSSR count). The smallest absolute Gasteiger partial charge is 0.269 e. The molecule has 1 aromatic carbocycles. The molecule has 0 aliphatic carbocycles. The number of benzene rings is 1. The SMILES string of the molecule is O=[N+]([O-])c1ccc(CN2CCC(N3CCOCC3)CC2)cc1. The van der Waals surface area contributed by atoms with Crippen LogP contribution in [0, 0.1) is 10.1 Å². The van der Waals surface area contributed by atoms with Gasteiger partial charge in [-0.05, 0) is 31.5 Å². The number of piperidine rings is 1. The number of likely N-dealkylation sites (tertiary alicyclic amines) is 1. The van der Waals surface area contributed by atoms with Gasteiger partial charge in [0.05, 0.1) is 18.1 Å². The van der Waals surface area contributed by atoms with Gasteiger partial charge in [0.2, 0.25) is 0 Å². The van der Waals surface area contributed by atoms with E-state index in [0.29, 0.717) is 6.04 Å². The summed E-state index contributed by atoms with van der Waals surface area (Å²) in [6.45, 7) is 6.93. The van der Waals surface area contributed by atoms with E-state index in [0.717, 1.165) is 51.5 Å². The zero-order valence-electron chi connectivity index (χ0n) is 12.8. The maximum absolute atomic E-state index is 10.7. The summed E-state index contributed by atoms with van der Waals surface area (Å²) < 4.78 is 5.42. The number of morpholine rings is 1. The summed E-state index contributed by atoms with van der Waals surface area (Å²) in [5.41, 5.74) is 1.31. The van der Waals surface area contributed by atoms with Crippen molar-refractivity contribution in [3.05, 3.63) is 39.9 Å². The summed E-state index contributed by atoms with van der Waals surface area (Å²) in [5.74, 6) is 0. The minimum absolute atomic E-state index is 0.162. The lowest BCUT2D eigenvalue weighted by Gasteiger charge is -2.40. The number of ether oxygens (including phenoxy) is 1. The van der Waals surface area contributed by atoms with Crippen LogP contribution in [-0.4, -0.2) is 60.2 Å².